The highest BCUT2D eigenvalue weighted by atomic mass is 32.2. The molecular formula is C7H16N2O3S. The molecule has 0 radical (unpaired) electrons. The van der Waals surface area contributed by atoms with E-state index in [0.29, 0.717) is 0 Å². The first-order valence-electron chi connectivity index (χ1n) is 4.38. The number of sulfonamides is 1. The number of hydrogen-bond donors (Lipinski definition) is 3. The van der Waals surface area contributed by atoms with E-state index >= 15 is 0 Å². The van der Waals surface area contributed by atoms with Gasteiger partial charge in [0.15, 0.2) is 0 Å². The summed E-state index contributed by atoms with van der Waals surface area (Å²) in [5.41, 5.74) is 0. The SMILES string of the molecule is CNS(=O)(=O)C[C@@H](O)[C@@H]1CCCN1. The van der Waals surface area contributed by atoms with Gasteiger partial charge in [0.1, 0.15) is 0 Å². The van der Waals surface area contributed by atoms with Crippen molar-refractivity contribution in [1.82, 2.24) is 10.0 Å². The van der Waals surface area contributed by atoms with Crippen LogP contribution in [0.25, 0.3) is 0 Å². The van der Waals surface area contributed by atoms with E-state index in [9.17, 15) is 13.5 Å². The van der Waals surface area contributed by atoms with Crippen molar-refractivity contribution < 1.29 is 13.5 Å². The molecule has 13 heavy (non-hydrogen) atoms. The minimum absolute atomic E-state index is 0.0666. The van der Waals surface area contributed by atoms with E-state index in [1.807, 2.05) is 0 Å². The zero-order valence-electron chi connectivity index (χ0n) is 7.66. The normalized spacial score (nSPS) is 26.2. The summed E-state index contributed by atoms with van der Waals surface area (Å²) < 4.78 is 24.3. The minimum Gasteiger partial charge on any atom is -0.390 e. The maximum absolute atomic E-state index is 11.1. The van der Waals surface area contributed by atoms with Crippen molar-refractivity contribution in [2.75, 3.05) is 19.3 Å². The Kier molecular flexibility index (Phi) is 3.66. The molecule has 0 saturated carbocycles. The summed E-state index contributed by atoms with van der Waals surface area (Å²) in [5, 5.41) is 12.6. The monoisotopic (exact) mass is 208 g/mol. The molecule has 1 rings (SSSR count). The van der Waals surface area contributed by atoms with Gasteiger partial charge in [0, 0.05) is 6.04 Å². The molecule has 5 nitrogen and oxygen atoms in total. The molecule has 2 atom stereocenters. The second-order valence-corrected chi connectivity index (χ2v) is 5.23. The zero-order valence-corrected chi connectivity index (χ0v) is 8.47. The largest absolute Gasteiger partial charge is 0.390 e. The van der Waals surface area contributed by atoms with E-state index in [-0.39, 0.29) is 11.8 Å². The van der Waals surface area contributed by atoms with Gasteiger partial charge in [-0.05, 0) is 26.4 Å². The summed E-state index contributed by atoms with van der Waals surface area (Å²) >= 11 is 0. The fourth-order valence-corrected chi connectivity index (χ4v) is 2.31. The van der Waals surface area contributed by atoms with Gasteiger partial charge in [-0.2, -0.15) is 0 Å². The zero-order chi connectivity index (χ0) is 9.90. The Bertz CT molecular complexity index is 246. The van der Waals surface area contributed by atoms with Crippen LogP contribution < -0.4 is 10.0 Å². The highest BCUT2D eigenvalue weighted by Gasteiger charge is 2.26. The summed E-state index contributed by atoms with van der Waals surface area (Å²) in [6.45, 7) is 0.862. The van der Waals surface area contributed by atoms with Crippen LogP contribution in [0.1, 0.15) is 12.8 Å². The molecule has 0 bridgehead atoms. The number of aliphatic hydroxyl groups excluding tert-OH is 1. The summed E-state index contributed by atoms with van der Waals surface area (Å²) in [5.74, 6) is -0.221. The van der Waals surface area contributed by atoms with Gasteiger partial charge < -0.3 is 10.4 Å². The third-order valence-corrected chi connectivity index (χ3v) is 3.67. The maximum atomic E-state index is 11.1. The first kappa shape index (κ1) is 10.9. The highest BCUT2D eigenvalue weighted by Crippen LogP contribution is 2.10. The fraction of sp³-hybridized carbons (Fsp3) is 1.00. The Morgan fingerprint density at radius 3 is 2.85 bits per heavy atom. The molecule has 6 heteroatoms. The average molecular weight is 208 g/mol. The smallest absolute Gasteiger partial charge is 0.213 e. The Morgan fingerprint density at radius 1 is 1.69 bits per heavy atom. The standard InChI is InChI=1S/C7H16N2O3S/c1-8-13(11,12)5-7(10)6-3-2-4-9-6/h6-10H,2-5H2,1H3/t6-,7+/m0/s1. The van der Waals surface area contributed by atoms with Gasteiger partial charge in [-0.3, -0.25) is 0 Å². The van der Waals surface area contributed by atoms with Crippen LogP contribution in [0, 0.1) is 0 Å². The van der Waals surface area contributed by atoms with Gasteiger partial charge in [0.05, 0.1) is 11.9 Å². The van der Waals surface area contributed by atoms with Gasteiger partial charge in [-0.25, -0.2) is 13.1 Å². The van der Waals surface area contributed by atoms with Gasteiger partial charge >= 0.3 is 0 Å². The molecule has 0 amide bonds. The van der Waals surface area contributed by atoms with E-state index in [0.717, 1.165) is 19.4 Å². The van der Waals surface area contributed by atoms with Gasteiger partial charge in [-0.1, -0.05) is 0 Å². The molecule has 78 valence electrons. The lowest BCUT2D eigenvalue weighted by molar-refractivity contribution is 0.157. The van der Waals surface area contributed by atoms with Crippen molar-refractivity contribution in [2.45, 2.75) is 25.0 Å². The Balaban J connectivity index is 2.44. The Morgan fingerprint density at radius 2 is 2.38 bits per heavy atom. The van der Waals surface area contributed by atoms with Gasteiger partial charge in [0.2, 0.25) is 10.0 Å². The van der Waals surface area contributed by atoms with Gasteiger partial charge in [-0.15, -0.1) is 0 Å². The van der Waals surface area contributed by atoms with Crippen molar-refractivity contribution in [2.24, 2.45) is 0 Å². The third-order valence-electron chi connectivity index (χ3n) is 2.26. The molecule has 3 N–H and O–H groups in total. The fourth-order valence-electron chi connectivity index (χ4n) is 1.46. The molecule has 0 aliphatic carbocycles. The lowest BCUT2D eigenvalue weighted by Gasteiger charge is -2.17. The van der Waals surface area contributed by atoms with Crippen LogP contribution >= 0.6 is 0 Å². The number of aliphatic hydroxyl groups is 1. The summed E-state index contributed by atoms with van der Waals surface area (Å²) in [6.07, 6.45) is 1.04. The van der Waals surface area contributed by atoms with Gasteiger partial charge in [0.25, 0.3) is 0 Å². The van der Waals surface area contributed by atoms with E-state index in [1.54, 1.807) is 0 Å². The van der Waals surface area contributed by atoms with Crippen LogP contribution in [0.5, 0.6) is 0 Å². The van der Waals surface area contributed by atoms with E-state index in [2.05, 4.69) is 10.0 Å². The molecule has 1 aliphatic heterocycles. The van der Waals surface area contributed by atoms with E-state index in [1.165, 1.54) is 7.05 Å². The van der Waals surface area contributed by atoms with Crippen LogP contribution in [-0.4, -0.2) is 45.0 Å². The first-order valence-corrected chi connectivity index (χ1v) is 6.03. The molecule has 0 aromatic carbocycles. The number of nitrogens with one attached hydrogen (secondary N) is 2. The van der Waals surface area contributed by atoms with Crippen molar-refractivity contribution in [3.8, 4) is 0 Å². The third kappa shape index (κ3) is 3.22. The van der Waals surface area contributed by atoms with Crippen molar-refractivity contribution in [1.29, 1.82) is 0 Å². The quantitative estimate of drug-likeness (QED) is 0.534. The molecule has 1 heterocycles. The van der Waals surface area contributed by atoms with E-state index in [4.69, 9.17) is 0 Å². The maximum Gasteiger partial charge on any atom is 0.213 e. The van der Waals surface area contributed by atoms with Crippen molar-refractivity contribution >= 4 is 10.0 Å². The first-order chi connectivity index (χ1) is 6.05. The molecule has 1 fully saturated rings. The second kappa shape index (κ2) is 4.36. The second-order valence-electron chi connectivity index (χ2n) is 3.26. The number of rotatable bonds is 4. The molecular weight excluding hydrogens is 192 g/mol. The van der Waals surface area contributed by atoms with Crippen LogP contribution in [0.2, 0.25) is 0 Å². The molecule has 1 saturated heterocycles. The topological polar surface area (TPSA) is 78.4 Å². The summed E-state index contributed by atoms with van der Waals surface area (Å²) in [7, 11) is -1.94. The predicted molar refractivity (Wildman–Crippen MR) is 49.9 cm³/mol. The molecule has 0 aromatic heterocycles. The van der Waals surface area contributed by atoms with Crippen LogP contribution in [-0.2, 0) is 10.0 Å². The average Bonchev–Trinajstić information content (AvgIpc) is 2.55. The van der Waals surface area contributed by atoms with Crippen LogP contribution in [0.4, 0.5) is 0 Å². The summed E-state index contributed by atoms with van der Waals surface area (Å²) in [4.78, 5) is 0. The molecule has 0 spiro atoms. The van der Waals surface area contributed by atoms with Crippen molar-refractivity contribution in [3.63, 3.8) is 0 Å². The summed E-state index contributed by atoms with van der Waals surface area (Å²) in [6, 6.07) is -0.0666. The lowest BCUT2D eigenvalue weighted by atomic mass is 10.1. The molecule has 0 unspecified atom stereocenters. The Labute approximate surface area is 78.6 Å². The molecule has 0 aromatic rings. The molecule has 1 aliphatic rings. The number of hydrogen-bond acceptors (Lipinski definition) is 4. The van der Waals surface area contributed by atoms with E-state index < -0.39 is 16.1 Å². The van der Waals surface area contributed by atoms with Crippen molar-refractivity contribution in [3.05, 3.63) is 0 Å². The predicted octanol–water partition coefficient (Wildman–Crippen LogP) is -1.35. The highest BCUT2D eigenvalue weighted by molar-refractivity contribution is 7.89. The minimum atomic E-state index is -3.30. The van der Waals surface area contributed by atoms with Crippen LogP contribution in [0.3, 0.4) is 0 Å². The van der Waals surface area contributed by atoms with Crippen LogP contribution in [0.15, 0.2) is 0 Å². The lowest BCUT2D eigenvalue weighted by Crippen LogP contribution is -2.41. The Hall–Kier alpha value is -0.170.